The van der Waals surface area contributed by atoms with Crippen molar-refractivity contribution in [2.75, 3.05) is 39.3 Å². The summed E-state index contributed by atoms with van der Waals surface area (Å²) in [4.78, 5) is 39.0. The van der Waals surface area contributed by atoms with Crippen LogP contribution in [0.2, 0.25) is 0 Å². The second kappa shape index (κ2) is 12.7. The minimum absolute atomic E-state index is 0.196. The summed E-state index contributed by atoms with van der Waals surface area (Å²) in [6.45, 7) is 4.80. The summed E-state index contributed by atoms with van der Waals surface area (Å²) in [5, 5.41) is 15.8. The van der Waals surface area contributed by atoms with Gasteiger partial charge in [0.2, 0.25) is 0 Å². The van der Waals surface area contributed by atoms with Gasteiger partial charge in [-0.2, -0.15) is 0 Å². The summed E-state index contributed by atoms with van der Waals surface area (Å²) < 4.78 is 19.9. The molecule has 0 radical (unpaired) electrons. The molecule has 2 atom stereocenters. The fourth-order valence-electron chi connectivity index (χ4n) is 5.46. The lowest BCUT2D eigenvalue weighted by Gasteiger charge is -2.39. The summed E-state index contributed by atoms with van der Waals surface area (Å²) >= 11 is 4.88. The molecule has 2 aromatic rings. The quantitative estimate of drug-likeness (QED) is 0.314. The van der Waals surface area contributed by atoms with Crippen molar-refractivity contribution in [2.45, 2.75) is 38.3 Å². The Balaban J connectivity index is 1.44. The Morgan fingerprint density at radius 1 is 1.30 bits per heavy atom. The highest BCUT2D eigenvalue weighted by atomic mass is 79.9. The molecule has 2 unspecified atom stereocenters. The number of aliphatic carboxylic acids is 1. The highest BCUT2D eigenvalue weighted by Gasteiger charge is 2.36. The van der Waals surface area contributed by atoms with Crippen LogP contribution in [0, 0.1) is 5.82 Å². The molecule has 1 fully saturated rings. The Bertz CT molecular complexity index is 1350. The van der Waals surface area contributed by atoms with Gasteiger partial charge in [-0.15, -0.1) is 11.3 Å². The molecule has 5 rings (SSSR count). The van der Waals surface area contributed by atoms with Gasteiger partial charge >= 0.3 is 11.9 Å². The number of carbonyl (C=O) groups is 2. The van der Waals surface area contributed by atoms with Crippen LogP contribution in [0.25, 0.3) is 0 Å². The minimum atomic E-state index is -0.806. The number of amidine groups is 1. The smallest absolute Gasteiger partial charge is 0.338 e. The van der Waals surface area contributed by atoms with Crippen molar-refractivity contribution in [3.8, 4) is 0 Å². The SMILES string of the molecule is CCOC(=O)C1=C(CN2CCN(C(C(=O)O)C3=CCCC3)CC2)NC(c2nccs2)=NC1c1ccc(F)cc1Br. The molecule has 212 valence electrons. The Morgan fingerprint density at radius 3 is 2.73 bits per heavy atom. The van der Waals surface area contributed by atoms with Gasteiger partial charge in [-0.25, -0.2) is 14.2 Å². The van der Waals surface area contributed by atoms with Gasteiger partial charge in [0, 0.05) is 54.5 Å². The molecule has 1 aromatic carbocycles. The van der Waals surface area contributed by atoms with E-state index in [1.165, 1.54) is 23.5 Å². The molecule has 0 saturated carbocycles. The van der Waals surface area contributed by atoms with Crippen LogP contribution in [0.1, 0.15) is 42.8 Å². The highest BCUT2D eigenvalue weighted by Crippen LogP contribution is 2.37. The largest absolute Gasteiger partial charge is 0.480 e. The Labute approximate surface area is 244 Å². The number of nitrogens with zero attached hydrogens (tertiary/aromatic N) is 4. The Kier molecular flexibility index (Phi) is 9.09. The van der Waals surface area contributed by atoms with E-state index in [-0.39, 0.29) is 6.61 Å². The molecule has 40 heavy (non-hydrogen) atoms. The van der Waals surface area contributed by atoms with Crippen LogP contribution in [-0.4, -0.2) is 83.0 Å². The first-order valence-corrected chi connectivity index (χ1v) is 15.0. The van der Waals surface area contributed by atoms with E-state index in [4.69, 9.17) is 9.73 Å². The zero-order chi connectivity index (χ0) is 28.2. The normalized spacial score (nSPS) is 21.0. The highest BCUT2D eigenvalue weighted by molar-refractivity contribution is 9.10. The first kappa shape index (κ1) is 28.6. The molecular weight excluding hydrogens is 601 g/mol. The Morgan fingerprint density at radius 2 is 2.10 bits per heavy atom. The van der Waals surface area contributed by atoms with Crippen molar-refractivity contribution in [3.05, 3.63) is 73.6 Å². The summed E-state index contributed by atoms with van der Waals surface area (Å²) in [5.74, 6) is -1.18. The summed E-state index contributed by atoms with van der Waals surface area (Å²) in [7, 11) is 0. The first-order chi connectivity index (χ1) is 19.4. The number of thiazole rings is 1. The van der Waals surface area contributed by atoms with Gasteiger partial charge in [-0.05, 0) is 49.5 Å². The van der Waals surface area contributed by atoms with Gasteiger partial charge in [-0.1, -0.05) is 28.1 Å². The standard InChI is InChI=1S/C28H31BrFN5O4S/c1-2-39-28(38)22-21(16-34-10-12-35(13-11-34)24(27(36)37)17-5-3-4-6-17)32-25(26-31-9-14-40-26)33-23(22)19-8-7-18(30)15-20(19)29/h5,7-9,14-15,23-24H,2-4,6,10-13,16H2,1H3,(H,32,33)(H,36,37). The number of nitrogens with one attached hydrogen (secondary N) is 1. The zero-order valence-electron chi connectivity index (χ0n) is 22.1. The first-order valence-electron chi connectivity index (χ1n) is 13.3. The maximum atomic E-state index is 14.0. The van der Waals surface area contributed by atoms with E-state index in [9.17, 15) is 19.1 Å². The van der Waals surface area contributed by atoms with Crippen LogP contribution >= 0.6 is 27.3 Å². The molecule has 2 N–H and O–H groups in total. The number of esters is 1. The van der Waals surface area contributed by atoms with Crippen molar-refractivity contribution in [1.82, 2.24) is 20.1 Å². The molecule has 12 heteroatoms. The third-order valence-corrected chi connectivity index (χ3v) is 8.79. The zero-order valence-corrected chi connectivity index (χ0v) is 24.5. The number of piperazine rings is 1. The van der Waals surface area contributed by atoms with Crippen molar-refractivity contribution < 1.29 is 23.8 Å². The molecular formula is C28H31BrFN5O4S. The summed E-state index contributed by atoms with van der Waals surface area (Å²) in [6, 6.07) is 3.00. The van der Waals surface area contributed by atoms with Crippen LogP contribution in [0.15, 0.2) is 62.2 Å². The maximum Gasteiger partial charge on any atom is 0.338 e. The molecule has 1 aromatic heterocycles. The topological polar surface area (TPSA) is 107 Å². The van der Waals surface area contributed by atoms with Crippen molar-refractivity contribution in [2.24, 2.45) is 4.99 Å². The number of carboxylic acids is 1. The van der Waals surface area contributed by atoms with Gasteiger partial charge in [0.15, 0.2) is 10.8 Å². The van der Waals surface area contributed by atoms with E-state index in [2.05, 4.69) is 37.2 Å². The van der Waals surface area contributed by atoms with E-state index in [1.54, 1.807) is 19.2 Å². The average Bonchev–Trinajstić information content (AvgIpc) is 3.65. The van der Waals surface area contributed by atoms with Gasteiger partial charge in [0.05, 0.1) is 12.2 Å². The number of allylic oxidation sites excluding steroid dienone is 1. The molecule has 3 heterocycles. The second-order valence-corrected chi connectivity index (χ2v) is 11.6. The van der Waals surface area contributed by atoms with E-state index in [0.717, 1.165) is 24.8 Å². The average molecular weight is 633 g/mol. The van der Waals surface area contributed by atoms with E-state index < -0.39 is 29.8 Å². The number of carboxylic acid groups (broad SMARTS) is 1. The van der Waals surface area contributed by atoms with Gasteiger partial charge in [0.25, 0.3) is 0 Å². The van der Waals surface area contributed by atoms with Crippen molar-refractivity contribution in [3.63, 3.8) is 0 Å². The number of halogens is 2. The van der Waals surface area contributed by atoms with Crippen molar-refractivity contribution in [1.29, 1.82) is 0 Å². The molecule has 2 aliphatic heterocycles. The number of ether oxygens (including phenoxy) is 1. The predicted octanol–water partition coefficient (Wildman–Crippen LogP) is 4.13. The van der Waals surface area contributed by atoms with E-state index >= 15 is 0 Å². The van der Waals surface area contributed by atoms with E-state index in [0.29, 0.717) is 64.9 Å². The molecule has 1 aliphatic carbocycles. The molecule has 0 amide bonds. The van der Waals surface area contributed by atoms with Crippen LogP contribution < -0.4 is 5.32 Å². The van der Waals surface area contributed by atoms with Gasteiger partial charge in [0.1, 0.15) is 17.9 Å². The van der Waals surface area contributed by atoms with Gasteiger partial charge in [-0.3, -0.25) is 19.6 Å². The Hall–Kier alpha value is -2.93. The molecule has 0 bridgehead atoms. The number of rotatable bonds is 9. The molecule has 9 nitrogen and oxygen atoms in total. The fraction of sp³-hybridized carbons (Fsp3) is 0.429. The molecule has 1 saturated heterocycles. The summed E-state index contributed by atoms with van der Waals surface area (Å²) in [6.07, 6.45) is 6.53. The third kappa shape index (κ3) is 6.19. The minimum Gasteiger partial charge on any atom is -0.480 e. The number of hydrogen-bond acceptors (Lipinski definition) is 9. The van der Waals surface area contributed by atoms with Crippen LogP contribution in [0.5, 0.6) is 0 Å². The number of aromatic nitrogens is 1. The van der Waals surface area contributed by atoms with Gasteiger partial charge < -0.3 is 15.2 Å². The number of hydrogen-bond donors (Lipinski definition) is 2. The predicted molar refractivity (Wildman–Crippen MR) is 154 cm³/mol. The summed E-state index contributed by atoms with van der Waals surface area (Å²) in [5.41, 5.74) is 2.63. The fourth-order valence-corrected chi connectivity index (χ4v) is 6.62. The van der Waals surface area contributed by atoms with Crippen LogP contribution in [-0.2, 0) is 14.3 Å². The number of aliphatic imine (C=N–C) groups is 1. The second-order valence-electron chi connectivity index (χ2n) is 9.85. The van der Waals surface area contributed by atoms with Crippen LogP contribution in [0.3, 0.4) is 0 Å². The number of benzene rings is 1. The van der Waals surface area contributed by atoms with Crippen molar-refractivity contribution >= 4 is 45.0 Å². The van der Waals surface area contributed by atoms with E-state index in [1.807, 2.05) is 10.3 Å². The lowest BCUT2D eigenvalue weighted by molar-refractivity contribution is -0.142. The molecule has 0 spiro atoms. The lowest BCUT2D eigenvalue weighted by atomic mass is 9.95. The monoisotopic (exact) mass is 631 g/mol. The molecule has 3 aliphatic rings. The maximum absolute atomic E-state index is 14.0. The number of carbonyl (C=O) groups excluding carboxylic acids is 1. The lowest BCUT2D eigenvalue weighted by Crippen LogP contribution is -2.54. The third-order valence-electron chi connectivity index (χ3n) is 7.33. The van der Waals surface area contributed by atoms with Crippen LogP contribution in [0.4, 0.5) is 4.39 Å².